The van der Waals surface area contributed by atoms with Crippen molar-refractivity contribution in [3.8, 4) is 5.75 Å². The van der Waals surface area contributed by atoms with Crippen molar-refractivity contribution in [3.63, 3.8) is 0 Å². The summed E-state index contributed by atoms with van der Waals surface area (Å²) in [4.78, 5) is 29.8. The summed E-state index contributed by atoms with van der Waals surface area (Å²) in [5, 5.41) is 1.97. The SMILES string of the molecule is Cc1ccsc1C(=O)N1CCC2(CC1)C[C@@H](CC(=O)N(C)C)c1ccccc1O2. The summed E-state index contributed by atoms with van der Waals surface area (Å²) in [5.41, 5.74) is 1.87. The molecule has 0 unspecified atom stereocenters. The highest BCUT2D eigenvalue weighted by Gasteiger charge is 2.44. The molecule has 4 rings (SSSR count). The highest BCUT2D eigenvalue weighted by atomic mass is 32.1. The number of carbonyl (C=O) groups excluding carboxylic acids is 2. The maximum atomic E-state index is 12.9. The third-order valence-electron chi connectivity index (χ3n) is 6.24. The van der Waals surface area contributed by atoms with Gasteiger partial charge in [0.15, 0.2) is 0 Å². The van der Waals surface area contributed by atoms with Gasteiger partial charge in [0.05, 0.1) is 4.88 Å². The Hall–Kier alpha value is -2.34. The lowest BCUT2D eigenvalue weighted by atomic mass is 9.76. The van der Waals surface area contributed by atoms with Crippen LogP contribution in [0.15, 0.2) is 35.7 Å². The zero-order valence-corrected chi connectivity index (χ0v) is 18.1. The molecule has 6 heteroatoms. The fourth-order valence-corrected chi connectivity index (χ4v) is 5.37. The fraction of sp³-hybridized carbons (Fsp3) is 0.478. The second-order valence-electron chi connectivity index (χ2n) is 8.44. The van der Waals surface area contributed by atoms with Crippen molar-refractivity contribution in [2.24, 2.45) is 0 Å². The second-order valence-corrected chi connectivity index (χ2v) is 9.36. The molecule has 154 valence electrons. The smallest absolute Gasteiger partial charge is 0.264 e. The van der Waals surface area contributed by atoms with E-state index in [1.807, 2.05) is 41.5 Å². The quantitative estimate of drug-likeness (QED) is 0.763. The van der Waals surface area contributed by atoms with E-state index < -0.39 is 0 Å². The molecule has 0 bridgehead atoms. The summed E-state index contributed by atoms with van der Waals surface area (Å²) in [7, 11) is 3.61. The molecule has 1 aromatic heterocycles. The molecule has 1 fully saturated rings. The molecule has 0 N–H and O–H groups in total. The van der Waals surface area contributed by atoms with Gasteiger partial charge in [-0.05, 0) is 42.0 Å². The lowest BCUT2D eigenvalue weighted by Crippen LogP contribution is -2.52. The Labute approximate surface area is 176 Å². The first kappa shape index (κ1) is 20.0. The van der Waals surface area contributed by atoms with Gasteiger partial charge in [-0.25, -0.2) is 0 Å². The number of benzene rings is 1. The van der Waals surface area contributed by atoms with Gasteiger partial charge in [-0.3, -0.25) is 9.59 Å². The molecule has 1 aromatic carbocycles. The first-order valence-corrected chi connectivity index (χ1v) is 11.1. The first-order valence-electron chi connectivity index (χ1n) is 10.2. The molecular weight excluding hydrogens is 384 g/mol. The number of thiophene rings is 1. The Bertz CT molecular complexity index is 912. The number of rotatable bonds is 3. The predicted molar refractivity (Wildman–Crippen MR) is 115 cm³/mol. The van der Waals surface area contributed by atoms with Crippen LogP contribution < -0.4 is 4.74 Å². The van der Waals surface area contributed by atoms with Crippen molar-refractivity contribution in [2.75, 3.05) is 27.2 Å². The van der Waals surface area contributed by atoms with Gasteiger partial charge in [0.1, 0.15) is 11.4 Å². The highest BCUT2D eigenvalue weighted by molar-refractivity contribution is 7.12. The van der Waals surface area contributed by atoms with Gasteiger partial charge in [-0.1, -0.05) is 18.2 Å². The number of carbonyl (C=O) groups is 2. The van der Waals surface area contributed by atoms with Crippen LogP contribution in [0.5, 0.6) is 5.75 Å². The number of ether oxygens (including phenoxy) is 1. The Kier molecular flexibility index (Phi) is 5.38. The number of fused-ring (bicyclic) bond motifs is 1. The highest BCUT2D eigenvalue weighted by Crippen LogP contribution is 2.46. The molecule has 2 aliphatic heterocycles. The van der Waals surface area contributed by atoms with E-state index in [1.165, 1.54) is 11.3 Å². The van der Waals surface area contributed by atoms with Crippen LogP contribution in [-0.2, 0) is 4.79 Å². The molecule has 29 heavy (non-hydrogen) atoms. The van der Waals surface area contributed by atoms with Crippen molar-refractivity contribution in [1.82, 2.24) is 9.80 Å². The minimum absolute atomic E-state index is 0.128. The Morgan fingerprint density at radius 3 is 2.59 bits per heavy atom. The van der Waals surface area contributed by atoms with Crippen LogP contribution in [0.2, 0.25) is 0 Å². The molecule has 2 aliphatic rings. The van der Waals surface area contributed by atoms with Gasteiger partial charge in [-0.15, -0.1) is 11.3 Å². The van der Waals surface area contributed by atoms with E-state index in [4.69, 9.17) is 4.74 Å². The largest absolute Gasteiger partial charge is 0.487 e. The molecule has 2 aromatic rings. The topological polar surface area (TPSA) is 49.9 Å². The molecule has 1 spiro atoms. The van der Waals surface area contributed by atoms with E-state index in [2.05, 4.69) is 6.07 Å². The van der Waals surface area contributed by atoms with Gasteiger partial charge in [-0.2, -0.15) is 0 Å². The molecule has 2 amide bonds. The molecule has 0 radical (unpaired) electrons. The molecular formula is C23H28N2O3S. The maximum absolute atomic E-state index is 12.9. The minimum atomic E-state index is -0.299. The Morgan fingerprint density at radius 1 is 1.21 bits per heavy atom. The van der Waals surface area contributed by atoms with E-state index in [9.17, 15) is 9.59 Å². The standard InChI is InChI=1S/C23H28N2O3S/c1-16-8-13-29-21(16)22(27)25-11-9-23(10-12-25)15-17(14-20(26)24(2)3)18-6-4-5-7-19(18)28-23/h4-8,13,17H,9-12,14-15H2,1-3H3/t17-/m1/s1. The number of piperidine rings is 1. The molecule has 1 atom stereocenters. The normalized spacial score (nSPS) is 20.1. The van der Waals surface area contributed by atoms with Gasteiger partial charge in [0.2, 0.25) is 5.91 Å². The molecule has 5 nitrogen and oxygen atoms in total. The summed E-state index contributed by atoms with van der Waals surface area (Å²) < 4.78 is 6.51. The Morgan fingerprint density at radius 2 is 1.93 bits per heavy atom. The number of likely N-dealkylation sites (tertiary alicyclic amines) is 1. The summed E-state index contributed by atoms with van der Waals surface area (Å²) in [6.07, 6.45) is 2.91. The van der Waals surface area contributed by atoms with Gasteiger partial charge >= 0.3 is 0 Å². The van der Waals surface area contributed by atoms with Gasteiger partial charge in [0, 0.05) is 52.4 Å². The van der Waals surface area contributed by atoms with E-state index in [0.29, 0.717) is 19.5 Å². The van der Waals surface area contributed by atoms with Crippen molar-refractivity contribution in [2.45, 2.75) is 44.1 Å². The summed E-state index contributed by atoms with van der Waals surface area (Å²) in [6.45, 7) is 3.36. The zero-order chi connectivity index (χ0) is 20.6. The van der Waals surface area contributed by atoms with Crippen LogP contribution >= 0.6 is 11.3 Å². The molecule has 0 aliphatic carbocycles. The maximum Gasteiger partial charge on any atom is 0.264 e. The average molecular weight is 413 g/mol. The lowest BCUT2D eigenvalue weighted by molar-refractivity contribution is -0.129. The Balaban J connectivity index is 1.51. The van der Waals surface area contributed by atoms with Crippen LogP contribution in [0, 0.1) is 6.92 Å². The van der Waals surface area contributed by atoms with E-state index >= 15 is 0 Å². The van der Waals surface area contributed by atoms with E-state index in [-0.39, 0.29) is 23.3 Å². The average Bonchev–Trinajstić information content (AvgIpc) is 3.14. The number of hydrogen-bond acceptors (Lipinski definition) is 4. The van der Waals surface area contributed by atoms with Crippen molar-refractivity contribution < 1.29 is 14.3 Å². The number of hydrogen-bond donors (Lipinski definition) is 0. The lowest BCUT2D eigenvalue weighted by Gasteiger charge is -2.47. The number of nitrogens with zero attached hydrogens (tertiary/aromatic N) is 2. The second kappa shape index (κ2) is 7.82. The fourth-order valence-electron chi connectivity index (χ4n) is 4.48. The van der Waals surface area contributed by atoms with Crippen molar-refractivity contribution in [1.29, 1.82) is 0 Å². The molecule has 0 saturated carbocycles. The number of aryl methyl sites for hydroxylation is 1. The third kappa shape index (κ3) is 3.90. The molecule has 3 heterocycles. The van der Waals surface area contributed by atoms with Crippen LogP contribution in [0.3, 0.4) is 0 Å². The zero-order valence-electron chi connectivity index (χ0n) is 17.3. The van der Waals surface area contributed by atoms with Crippen LogP contribution in [-0.4, -0.2) is 54.4 Å². The van der Waals surface area contributed by atoms with Crippen molar-refractivity contribution >= 4 is 23.2 Å². The number of para-hydroxylation sites is 1. The van der Waals surface area contributed by atoms with Crippen molar-refractivity contribution in [3.05, 3.63) is 51.7 Å². The summed E-state index contributed by atoms with van der Waals surface area (Å²) in [6, 6.07) is 10.1. The van der Waals surface area contributed by atoms with E-state index in [0.717, 1.165) is 41.0 Å². The van der Waals surface area contributed by atoms with Crippen LogP contribution in [0.4, 0.5) is 0 Å². The number of amides is 2. The minimum Gasteiger partial charge on any atom is -0.487 e. The van der Waals surface area contributed by atoms with Gasteiger partial charge in [0.25, 0.3) is 5.91 Å². The van der Waals surface area contributed by atoms with E-state index in [1.54, 1.807) is 19.0 Å². The predicted octanol–water partition coefficient (Wildman–Crippen LogP) is 4.08. The monoisotopic (exact) mass is 412 g/mol. The van der Waals surface area contributed by atoms with Crippen LogP contribution in [0.1, 0.15) is 52.4 Å². The summed E-state index contributed by atoms with van der Waals surface area (Å²) in [5.74, 6) is 1.31. The third-order valence-corrected chi connectivity index (χ3v) is 7.25. The molecule has 1 saturated heterocycles. The summed E-state index contributed by atoms with van der Waals surface area (Å²) >= 11 is 1.51. The van der Waals surface area contributed by atoms with Gasteiger partial charge < -0.3 is 14.5 Å². The van der Waals surface area contributed by atoms with Crippen LogP contribution in [0.25, 0.3) is 0 Å². The first-order chi connectivity index (χ1) is 13.9.